The van der Waals surface area contributed by atoms with Crippen molar-refractivity contribution in [3.8, 4) is 0 Å². The van der Waals surface area contributed by atoms with E-state index >= 15 is 0 Å². The summed E-state index contributed by atoms with van der Waals surface area (Å²) in [5, 5.41) is 5.04. The molecule has 23 heavy (non-hydrogen) atoms. The first-order valence-electron chi connectivity index (χ1n) is 8.72. The SMILES string of the molecule is CC(=O)CC1CCC(=NN(Cc2ccccc2)[Si](C)(C)C)CC1. The molecular weight excluding hydrogens is 300 g/mol. The fourth-order valence-corrected chi connectivity index (χ4v) is 4.17. The van der Waals surface area contributed by atoms with Crippen molar-refractivity contribution >= 4 is 19.7 Å². The van der Waals surface area contributed by atoms with Gasteiger partial charge in [-0.2, -0.15) is 5.10 Å². The predicted molar refractivity (Wildman–Crippen MR) is 100 cm³/mol. The molecule has 0 bridgehead atoms. The number of hydrazone groups is 1. The zero-order valence-electron chi connectivity index (χ0n) is 15.0. The standard InChI is InChI=1S/C19H30N2OSi/c1-16(22)14-17-10-12-19(13-11-17)20-21(23(2,3)4)15-18-8-6-5-7-9-18/h5-9,17H,10-15H2,1-4H3. The third kappa shape index (κ3) is 5.94. The summed E-state index contributed by atoms with van der Waals surface area (Å²) in [6, 6.07) is 10.6. The smallest absolute Gasteiger partial charge is 0.169 e. The molecule has 1 fully saturated rings. The average molecular weight is 331 g/mol. The highest BCUT2D eigenvalue weighted by atomic mass is 28.3. The van der Waals surface area contributed by atoms with Gasteiger partial charge in [0.2, 0.25) is 0 Å². The van der Waals surface area contributed by atoms with Crippen molar-refractivity contribution in [2.75, 3.05) is 0 Å². The molecule has 1 aliphatic carbocycles. The summed E-state index contributed by atoms with van der Waals surface area (Å²) in [4.78, 5) is 11.3. The number of carbonyl (C=O) groups is 1. The van der Waals surface area contributed by atoms with Gasteiger partial charge in [0.15, 0.2) is 8.24 Å². The van der Waals surface area contributed by atoms with Gasteiger partial charge in [-0.05, 0) is 44.1 Å². The Kier molecular flexibility index (Phi) is 6.16. The lowest BCUT2D eigenvalue weighted by molar-refractivity contribution is -0.118. The summed E-state index contributed by atoms with van der Waals surface area (Å²) < 4.78 is 2.35. The van der Waals surface area contributed by atoms with E-state index in [0.29, 0.717) is 11.7 Å². The number of rotatable bonds is 6. The van der Waals surface area contributed by atoms with Crippen LogP contribution in [0.3, 0.4) is 0 Å². The van der Waals surface area contributed by atoms with E-state index in [4.69, 9.17) is 5.10 Å². The van der Waals surface area contributed by atoms with Gasteiger partial charge < -0.3 is 9.47 Å². The van der Waals surface area contributed by atoms with Crippen LogP contribution in [0.4, 0.5) is 0 Å². The largest absolute Gasteiger partial charge is 0.320 e. The molecule has 1 aromatic carbocycles. The van der Waals surface area contributed by atoms with Gasteiger partial charge in [0, 0.05) is 12.1 Å². The first kappa shape index (κ1) is 17.9. The lowest BCUT2D eigenvalue weighted by Gasteiger charge is -2.33. The molecule has 2 rings (SSSR count). The predicted octanol–water partition coefficient (Wildman–Crippen LogP) is 4.85. The monoisotopic (exact) mass is 330 g/mol. The van der Waals surface area contributed by atoms with Crippen LogP contribution in [0.2, 0.25) is 19.6 Å². The second-order valence-electron chi connectivity index (χ2n) is 7.73. The van der Waals surface area contributed by atoms with E-state index in [-0.39, 0.29) is 0 Å². The minimum atomic E-state index is -1.50. The molecule has 0 aliphatic heterocycles. The van der Waals surface area contributed by atoms with E-state index in [1.165, 1.54) is 11.3 Å². The highest BCUT2D eigenvalue weighted by molar-refractivity contribution is 6.73. The summed E-state index contributed by atoms with van der Waals surface area (Å²) >= 11 is 0. The van der Waals surface area contributed by atoms with Crippen LogP contribution in [0.25, 0.3) is 0 Å². The molecule has 0 atom stereocenters. The van der Waals surface area contributed by atoms with E-state index in [9.17, 15) is 4.79 Å². The zero-order valence-corrected chi connectivity index (χ0v) is 16.0. The molecule has 0 unspecified atom stereocenters. The molecule has 126 valence electrons. The molecule has 0 saturated heterocycles. The molecule has 3 nitrogen and oxygen atoms in total. The van der Waals surface area contributed by atoms with Crippen LogP contribution in [0.15, 0.2) is 35.4 Å². The van der Waals surface area contributed by atoms with Crippen molar-refractivity contribution in [1.29, 1.82) is 0 Å². The van der Waals surface area contributed by atoms with Crippen LogP contribution in [0.5, 0.6) is 0 Å². The van der Waals surface area contributed by atoms with Crippen LogP contribution in [-0.4, -0.2) is 24.4 Å². The Morgan fingerprint density at radius 2 is 1.78 bits per heavy atom. The molecule has 1 aliphatic rings. The molecule has 1 aromatic rings. The number of hydrogen-bond donors (Lipinski definition) is 0. The summed E-state index contributed by atoms with van der Waals surface area (Å²) in [6.07, 6.45) is 5.07. The molecule has 1 saturated carbocycles. The molecule has 4 heteroatoms. The summed E-state index contributed by atoms with van der Waals surface area (Å²) in [7, 11) is -1.50. The number of benzene rings is 1. The van der Waals surface area contributed by atoms with Gasteiger partial charge in [-0.1, -0.05) is 50.0 Å². The normalized spacial score (nSPS) is 18.6. The average Bonchev–Trinajstić information content (AvgIpc) is 2.48. The summed E-state index contributed by atoms with van der Waals surface area (Å²) in [5.41, 5.74) is 2.65. The van der Waals surface area contributed by atoms with Gasteiger partial charge in [-0.15, -0.1) is 0 Å². The van der Waals surface area contributed by atoms with Crippen LogP contribution in [-0.2, 0) is 11.3 Å². The quantitative estimate of drug-likeness (QED) is 0.552. The second-order valence-corrected chi connectivity index (χ2v) is 12.6. The number of hydrogen-bond acceptors (Lipinski definition) is 3. The van der Waals surface area contributed by atoms with Gasteiger partial charge in [0.1, 0.15) is 5.78 Å². The van der Waals surface area contributed by atoms with E-state index in [2.05, 4.69) is 54.6 Å². The summed E-state index contributed by atoms with van der Waals surface area (Å²) in [5.74, 6) is 0.893. The number of carbonyl (C=O) groups excluding carboxylic acids is 1. The van der Waals surface area contributed by atoms with Gasteiger partial charge in [0.25, 0.3) is 0 Å². The van der Waals surface area contributed by atoms with Gasteiger partial charge >= 0.3 is 0 Å². The second kappa shape index (κ2) is 7.91. The van der Waals surface area contributed by atoms with Crippen molar-refractivity contribution in [3.63, 3.8) is 0 Å². The minimum Gasteiger partial charge on any atom is -0.320 e. The van der Waals surface area contributed by atoms with Crippen LogP contribution >= 0.6 is 0 Å². The first-order valence-corrected chi connectivity index (χ1v) is 12.2. The van der Waals surface area contributed by atoms with Crippen molar-refractivity contribution in [3.05, 3.63) is 35.9 Å². The third-order valence-electron chi connectivity index (χ3n) is 4.47. The Labute approximate surface area is 141 Å². The molecular formula is C19H30N2OSi. The lowest BCUT2D eigenvalue weighted by atomic mass is 9.85. The summed E-state index contributed by atoms with van der Waals surface area (Å²) in [6.45, 7) is 9.65. The maximum atomic E-state index is 11.3. The molecule has 0 amide bonds. The number of nitrogens with zero attached hydrogens (tertiary/aromatic N) is 2. The van der Waals surface area contributed by atoms with Crippen molar-refractivity contribution < 1.29 is 4.79 Å². The van der Waals surface area contributed by atoms with Gasteiger partial charge in [0.05, 0.1) is 6.54 Å². The maximum Gasteiger partial charge on any atom is 0.169 e. The van der Waals surface area contributed by atoms with Gasteiger partial charge in [-0.25, -0.2) is 0 Å². The molecule has 0 aromatic heterocycles. The fourth-order valence-electron chi connectivity index (χ4n) is 3.07. The lowest BCUT2D eigenvalue weighted by Crippen LogP contribution is -2.42. The number of Topliss-reactive ketones (excluding diaryl/α,β-unsaturated/α-hetero) is 1. The molecule has 0 radical (unpaired) electrons. The van der Waals surface area contributed by atoms with E-state index in [1.807, 2.05) is 0 Å². The molecule has 0 N–H and O–H groups in total. The highest BCUT2D eigenvalue weighted by Crippen LogP contribution is 2.26. The Hall–Kier alpha value is -1.42. The Morgan fingerprint density at radius 1 is 1.17 bits per heavy atom. The molecule has 0 spiro atoms. The van der Waals surface area contributed by atoms with Gasteiger partial charge in [-0.3, -0.25) is 0 Å². The van der Waals surface area contributed by atoms with Crippen molar-refractivity contribution in [2.24, 2.45) is 11.0 Å². The van der Waals surface area contributed by atoms with E-state index < -0.39 is 8.24 Å². The molecule has 0 heterocycles. The van der Waals surface area contributed by atoms with Crippen LogP contribution < -0.4 is 0 Å². The van der Waals surface area contributed by atoms with Crippen molar-refractivity contribution in [2.45, 2.75) is 65.2 Å². The fraction of sp³-hybridized carbons (Fsp3) is 0.579. The Bertz CT molecular complexity index is 538. The van der Waals surface area contributed by atoms with Crippen molar-refractivity contribution in [1.82, 2.24) is 4.67 Å². The number of ketones is 1. The van der Waals surface area contributed by atoms with E-state index in [0.717, 1.165) is 38.6 Å². The first-order chi connectivity index (χ1) is 10.8. The minimum absolute atomic E-state index is 0.322. The van der Waals surface area contributed by atoms with E-state index in [1.54, 1.807) is 6.92 Å². The third-order valence-corrected chi connectivity index (χ3v) is 6.28. The zero-order chi connectivity index (χ0) is 16.9. The Balaban J connectivity index is 2.02. The van der Waals surface area contributed by atoms with Crippen LogP contribution in [0.1, 0.15) is 44.6 Å². The van der Waals surface area contributed by atoms with Crippen LogP contribution in [0, 0.1) is 5.92 Å². The maximum absolute atomic E-state index is 11.3. The highest BCUT2D eigenvalue weighted by Gasteiger charge is 2.25. The topological polar surface area (TPSA) is 32.7 Å². The Morgan fingerprint density at radius 3 is 2.30 bits per heavy atom.